The average molecular weight is 276 g/mol. The quantitative estimate of drug-likeness (QED) is 0.734. The molecular weight excluding hydrogens is 260 g/mol. The summed E-state index contributed by atoms with van der Waals surface area (Å²) < 4.78 is 5.34. The van der Waals surface area contributed by atoms with Crippen LogP contribution in [0.2, 0.25) is 0 Å². The molecule has 1 unspecified atom stereocenters. The van der Waals surface area contributed by atoms with Crippen molar-refractivity contribution in [3.05, 3.63) is 23.0 Å². The predicted molar refractivity (Wildman–Crippen MR) is 69.2 cm³/mol. The van der Waals surface area contributed by atoms with Gasteiger partial charge in [-0.05, 0) is 12.8 Å². The van der Waals surface area contributed by atoms with E-state index in [4.69, 9.17) is 4.74 Å². The highest BCUT2D eigenvalue weighted by Crippen LogP contribution is 2.34. The van der Waals surface area contributed by atoms with Gasteiger partial charge >= 0.3 is 0 Å². The fourth-order valence-corrected chi connectivity index (χ4v) is 3.01. The molecule has 6 heteroatoms. The third kappa shape index (κ3) is 1.92. The van der Waals surface area contributed by atoms with Crippen LogP contribution in [0.3, 0.4) is 0 Å². The number of methoxy groups -OCH3 is 1. The summed E-state index contributed by atoms with van der Waals surface area (Å²) in [6, 6.07) is -0.558. The monoisotopic (exact) mass is 276 g/mol. The molecule has 2 aliphatic heterocycles. The van der Waals surface area contributed by atoms with Crippen LogP contribution in [0.4, 0.5) is 0 Å². The molecule has 0 radical (unpaired) electrons. The number of piperidine rings is 1. The largest absolute Gasteiger partial charge is 0.501 e. The maximum absolute atomic E-state index is 12.4. The zero-order chi connectivity index (χ0) is 14.3. The van der Waals surface area contributed by atoms with Gasteiger partial charge in [-0.25, -0.2) is 0 Å². The Morgan fingerprint density at radius 3 is 2.80 bits per heavy atom. The predicted octanol–water partition coefficient (Wildman–Crippen LogP) is 0.254. The Hall–Kier alpha value is -2.11. The van der Waals surface area contributed by atoms with Gasteiger partial charge < -0.3 is 9.64 Å². The number of allylic oxidation sites excluding steroid dienone is 2. The summed E-state index contributed by atoms with van der Waals surface area (Å²) in [5.41, 5.74) is 1.53. The van der Waals surface area contributed by atoms with Gasteiger partial charge in [0.25, 0.3) is 5.91 Å². The van der Waals surface area contributed by atoms with Crippen LogP contribution in [0.5, 0.6) is 0 Å². The van der Waals surface area contributed by atoms with Gasteiger partial charge in [-0.2, -0.15) is 0 Å². The van der Waals surface area contributed by atoms with E-state index in [0.29, 0.717) is 18.5 Å². The van der Waals surface area contributed by atoms with Crippen LogP contribution in [-0.2, 0) is 19.1 Å². The molecule has 0 aromatic heterocycles. The number of hydrogen-bond donors (Lipinski definition) is 1. The highest BCUT2D eigenvalue weighted by Gasteiger charge is 2.42. The molecule has 0 saturated carbocycles. The molecule has 3 amide bonds. The van der Waals surface area contributed by atoms with E-state index in [-0.39, 0.29) is 24.1 Å². The van der Waals surface area contributed by atoms with Crippen LogP contribution in [0.15, 0.2) is 23.0 Å². The van der Waals surface area contributed by atoms with Crippen LogP contribution in [0.25, 0.3) is 0 Å². The van der Waals surface area contributed by atoms with Crippen molar-refractivity contribution >= 4 is 17.7 Å². The SMILES string of the molecule is COC1=C2CN(C3CCC(=O)NC3=O)C(=O)C2=CCC1. The number of rotatable bonds is 2. The van der Waals surface area contributed by atoms with Gasteiger partial charge in [-0.3, -0.25) is 19.7 Å². The number of hydrogen-bond acceptors (Lipinski definition) is 4. The Morgan fingerprint density at radius 2 is 2.10 bits per heavy atom. The Labute approximate surface area is 116 Å². The zero-order valence-corrected chi connectivity index (χ0v) is 11.3. The van der Waals surface area contributed by atoms with Crippen LogP contribution in [0.1, 0.15) is 25.7 Å². The molecule has 3 rings (SSSR count). The summed E-state index contributed by atoms with van der Waals surface area (Å²) >= 11 is 0. The minimum absolute atomic E-state index is 0.135. The molecule has 106 valence electrons. The zero-order valence-electron chi connectivity index (χ0n) is 11.3. The molecular formula is C14H16N2O4. The first-order valence-electron chi connectivity index (χ1n) is 6.73. The summed E-state index contributed by atoms with van der Waals surface area (Å²) in [7, 11) is 1.60. The molecule has 0 bridgehead atoms. The van der Waals surface area contributed by atoms with Crippen molar-refractivity contribution in [2.45, 2.75) is 31.7 Å². The maximum Gasteiger partial charge on any atom is 0.254 e. The minimum Gasteiger partial charge on any atom is -0.501 e. The van der Waals surface area contributed by atoms with Gasteiger partial charge in [0.1, 0.15) is 11.8 Å². The molecule has 20 heavy (non-hydrogen) atoms. The third-order valence-electron chi connectivity index (χ3n) is 4.03. The second-order valence-corrected chi connectivity index (χ2v) is 5.16. The first-order valence-corrected chi connectivity index (χ1v) is 6.73. The smallest absolute Gasteiger partial charge is 0.254 e. The fraction of sp³-hybridized carbons (Fsp3) is 0.500. The molecule has 1 atom stereocenters. The lowest BCUT2D eigenvalue weighted by atomic mass is 9.99. The van der Waals surface area contributed by atoms with Gasteiger partial charge in [-0.1, -0.05) is 6.08 Å². The van der Waals surface area contributed by atoms with E-state index in [1.54, 1.807) is 12.0 Å². The number of likely N-dealkylation sites (tertiary alicyclic amines) is 1. The van der Waals surface area contributed by atoms with E-state index >= 15 is 0 Å². The van der Waals surface area contributed by atoms with Crippen LogP contribution in [-0.4, -0.2) is 42.3 Å². The molecule has 6 nitrogen and oxygen atoms in total. The van der Waals surface area contributed by atoms with E-state index in [1.807, 2.05) is 6.08 Å². The van der Waals surface area contributed by atoms with Crippen LogP contribution >= 0.6 is 0 Å². The molecule has 2 fully saturated rings. The second kappa shape index (κ2) is 4.77. The van der Waals surface area contributed by atoms with E-state index < -0.39 is 6.04 Å². The van der Waals surface area contributed by atoms with Crippen molar-refractivity contribution in [2.75, 3.05) is 13.7 Å². The molecule has 0 aromatic carbocycles. The van der Waals surface area contributed by atoms with Crippen molar-refractivity contribution in [1.82, 2.24) is 10.2 Å². The molecule has 2 heterocycles. The Kier molecular flexibility index (Phi) is 3.08. The Balaban J connectivity index is 1.88. The van der Waals surface area contributed by atoms with E-state index in [1.165, 1.54) is 0 Å². The summed E-state index contributed by atoms with van der Waals surface area (Å²) in [5.74, 6) is 0.0362. The number of ether oxygens (including phenoxy) is 1. The topological polar surface area (TPSA) is 75.7 Å². The molecule has 0 aromatic rings. The number of carbonyl (C=O) groups is 3. The summed E-state index contributed by atoms with van der Waals surface area (Å²) in [6.45, 7) is 0.389. The lowest BCUT2D eigenvalue weighted by Gasteiger charge is -2.28. The normalized spacial score (nSPS) is 26.4. The lowest BCUT2D eigenvalue weighted by molar-refractivity contribution is -0.142. The lowest BCUT2D eigenvalue weighted by Crippen LogP contribution is -2.52. The fourth-order valence-electron chi connectivity index (χ4n) is 3.01. The van der Waals surface area contributed by atoms with Gasteiger partial charge in [0.15, 0.2) is 0 Å². The molecule has 1 aliphatic carbocycles. The van der Waals surface area contributed by atoms with Crippen molar-refractivity contribution in [3.8, 4) is 0 Å². The highest BCUT2D eigenvalue weighted by atomic mass is 16.5. The average Bonchev–Trinajstić information content (AvgIpc) is 2.76. The summed E-state index contributed by atoms with van der Waals surface area (Å²) in [6.07, 6.45) is 4.13. The van der Waals surface area contributed by atoms with E-state index in [2.05, 4.69) is 5.32 Å². The molecule has 1 N–H and O–H groups in total. The van der Waals surface area contributed by atoms with Crippen LogP contribution < -0.4 is 5.32 Å². The first-order chi connectivity index (χ1) is 9.61. The number of imide groups is 1. The number of carbonyl (C=O) groups excluding carboxylic acids is 3. The molecule has 3 aliphatic rings. The highest BCUT2D eigenvalue weighted by molar-refractivity contribution is 6.07. The van der Waals surface area contributed by atoms with E-state index in [0.717, 1.165) is 24.2 Å². The van der Waals surface area contributed by atoms with Crippen molar-refractivity contribution in [1.29, 1.82) is 0 Å². The van der Waals surface area contributed by atoms with Gasteiger partial charge in [-0.15, -0.1) is 0 Å². The molecule has 2 saturated heterocycles. The van der Waals surface area contributed by atoms with Crippen LogP contribution in [0, 0.1) is 0 Å². The second-order valence-electron chi connectivity index (χ2n) is 5.16. The van der Waals surface area contributed by atoms with Gasteiger partial charge in [0.05, 0.1) is 13.7 Å². The Bertz CT molecular complexity index is 562. The minimum atomic E-state index is -0.558. The van der Waals surface area contributed by atoms with Gasteiger partial charge in [0.2, 0.25) is 11.8 Å². The first kappa shape index (κ1) is 12.9. The standard InChI is InChI=1S/C14H16N2O4/c1-20-11-4-2-3-8-9(11)7-16(14(8)19)10-5-6-12(17)15-13(10)18/h3,10H,2,4-7H2,1H3,(H,15,17,18). The number of amides is 3. The summed E-state index contributed by atoms with van der Waals surface area (Å²) in [5, 5.41) is 2.29. The summed E-state index contributed by atoms with van der Waals surface area (Å²) in [4.78, 5) is 37.1. The van der Waals surface area contributed by atoms with Crippen molar-refractivity contribution in [3.63, 3.8) is 0 Å². The maximum atomic E-state index is 12.4. The van der Waals surface area contributed by atoms with Crippen molar-refractivity contribution < 1.29 is 19.1 Å². The Morgan fingerprint density at radius 1 is 1.30 bits per heavy atom. The molecule has 0 spiro atoms. The van der Waals surface area contributed by atoms with Crippen molar-refractivity contribution in [2.24, 2.45) is 0 Å². The van der Waals surface area contributed by atoms with E-state index in [9.17, 15) is 14.4 Å². The number of fused-ring (bicyclic) bond motifs is 1. The number of nitrogens with one attached hydrogen (secondary N) is 1. The third-order valence-corrected chi connectivity index (χ3v) is 4.03. The number of nitrogens with zero attached hydrogens (tertiary/aromatic N) is 1. The van der Waals surface area contributed by atoms with Gasteiger partial charge in [0, 0.05) is 24.0 Å².